The van der Waals surface area contributed by atoms with E-state index in [1.54, 1.807) is 0 Å². The first-order valence-corrected chi connectivity index (χ1v) is 10.2. The fourth-order valence-corrected chi connectivity index (χ4v) is 5.55. The lowest BCUT2D eigenvalue weighted by Gasteiger charge is -2.34. The average molecular weight is 359 g/mol. The van der Waals surface area contributed by atoms with E-state index in [1.807, 2.05) is 11.6 Å². The monoisotopic (exact) mass is 359 g/mol. The topological polar surface area (TPSA) is 49.0 Å². The predicted molar refractivity (Wildman–Crippen MR) is 94.7 cm³/mol. The number of aryl methyl sites for hydroxylation is 1. The molecule has 132 valence electrons. The Morgan fingerprint density at radius 2 is 2.12 bits per heavy atom. The van der Waals surface area contributed by atoms with Gasteiger partial charge in [0.25, 0.3) is 5.91 Å². The van der Waals surface area contributed by atoms with Gasteiger partial charge in [-0.15, -0.1) is 11.3 Å². The van der Waals surface area contributed by atoms with Crippen LogP contribution in [0.4, 0.5) is 4.39 Å². The molecule has 0 spiro atoms. The Kier molecular flexibility index (Phi) is 3.69. The number of thiophene rings is 1. The Bertz CT molecular complexity index is 809. The van der Waals surface area contributed by atoms with Crippen molar-refractivity contribution in [1.29, 1.82) is 0 Å². The van der Waals surface area contributed by atoms with E-state index in [1.165, 1.54) is 22.6 Å². The average Bonchev–Trinajstić information content (AvgIpc) is 3.17. The van der Waals surface area contributed by atoms with E-state index in [0.29, 0.717) is 12.5 Å². The number of H-pyrrole nitrogens is 1. The van der Waals surface area contributed by atoms with Crippen molar-refractivity contribution in [3.05, 3.63) is 38.8 Å². The number of hydrogen-bond acceptors (Lipinski definition) is 3. The number of carbonyl (C=O) groups excluding carboxylic acids is 1. The highest BCUT2D eigenvalue weighted by Gasteiger charge is 2.40. The Hall–Kier alpha value is -1.69. The first-order chi connectivity index (χ1) is 12.2. The molecular formula is C19H22FN3OS. The summed E-state index contributed by atoms with van der Waals surface area (Å²) in [5.41, 5.74) is 4.21. The number of alkyl halides is 1. The van der Waals surface area contributed by atoms with E-state index in [0.717, 1.165) is 60.9 Å². The number of hydrogen-bond donors (Lipinski definition) is 1. The molecule has 0 aliphatic heterocycles. The molecule has 5 rings (SSSR count). The third kappa shape index (κ3) is 2.62. The second-order valence-corrected chi connectivity index (χ2v) is 8.48. The minimum absolute atomic E-state index is 0.131. The zero-order chi connectivity index (χ0) is 17.0. The Morgan fingerprint density at radius 1 is 1.24 bits per heavy atom. The standard InChI is InChI=1S/C19H22FN3OS/c20-16-3-1-2-14-15(10-25-18(14)16)19(24)23(12-4-5-12)13-6-7-17-11(8-13)9-21-22-17/h9-10,12-13,16H,1-8H2,(H,21,22). The van der Waals surface area contributed by atoms with Crippen molar-refractivity contribution in [2.45, 2.75) is 69.6 Å². The van der Waals surface area contributed by atoms with Crippen LogP contribution in [-0.4, -0.2) is 33.1 Å². The zero-order valence-corrected chi connectivity index (χ0v) is 14.9. The molecule has 1 fully saturated rings. The first kappa shape index (κ1) is 15.6. The van der Waals surface area contributed by atoms with Crippen LogP contribution in [0.5, 0.6) is 0 Å². The molecule has 0 aromatic carbocycles. The smallest absolute Gasteiger partial charge is 0.255 e. The van der Waals surface area contributed by atoms with Gasteiger partial charge in [0.05, 0.1) is 11.8 Å². The molecule has 25 heavy (non-hydrogen) atoms. The fraction of sp³-hybridized carbons (Fsp3) is 0.579. The summed E-state index contributed by atoms with van der Waals surface area (Å²) < 4.78 is 14.2. The minimum Gasteiger partial charge on any atom is -0.332 e. The Balaban J connectivity index is 1.45. The molecular weight excluding hydrogens is 337 g/mol. The van der Waals surface area contributed by atoms with E-state index < -0.39 is 6.17 Å². The van der Waals surface area contributed by atoms with Crippen molar-refractivity contribution in [1.82, 2.24) is 15.1 Å². The van der Waals surface area contributed by atoms with Gasteiger partial charge in [0.1, 0.15) is 6.17 Å². The van der Waals surface area contributed by atoms with Crippen LogP contribution in [0, 0.1) is 0 Å². The lowest BCUT2D eigenvalue weighted by Crippen LogP contribution is -2.45. The van der Waals surface area contributed by atoms with Gasteiger partial charge in [0.15, 0.2) is 0 Å². The Morgan fingerprint density at radius 3 is 2.96 bits per heavy atom. The number of nitrogens with one attached hydrogen (secondary N) is 1. The van der Waals surface area contributed by atoms with Gasteiger partial charge >= 0.3 is 0 Å². The van der Waals surface area contributed by atoms with Gasteiger partial charge in [0, 0.05) is 28.0 Å². The second-order valence-electron chi connectivity index (χ2n) is 7.57. The van der Waals surface area contributed by atoms with Crippen LogP contribution in [0.15, 0.2) is 11.6 Å². The zero-order valence-electron chi connectivity index (χ0n) is 14.1. The van der Waals surface area contributed by atoms with Gasteiger partial charge in [-0.3, -0.25) is 9.89 Å². The molecule has 2 aromatic rings. The molecule has 0 bridgehead atoms. The molecule has 2 heterocycles. The first-order valence-electron chi connectivity index (χ1n) is 9.30. The second kappa shape index (κ2) is 5.94. The quantitative estimate of drug-likeness (QED) is 0.901. The number of fused-ring (bicyclic) bond motifs is 2. The highest BCUT2D eigenvalue weighted by atomic mass is 32.1. The molecule has 1 N–H and O–H groups in total. The maximum atomic E-state index is 14.2. The molecule has 2 aromatic heterocycles. The van der Waals surface area contributed by atoms with E-state index in [9.17, 15) is 9.18 Å². The van der Waals surface area contributed by atoms with Gasteiger partial charge < -0.3 is 4.90 Å². The van der Waals surface area contributed by atoms with Crippen LogP contribution in [0.3, 0.4) is 0 Å². The number of aromatic amines is 1. The van der Waals surface area contributed by atoms with Gasteiger partial charge in [-0.2, -0.15) is 5.10 Å². The maximum absolute atomic E-state index is 14.2. The van der Waals surface area contributed by atoms with E-state index in [2.05, 4.69) is 15.1 Å². The van der Waals surface area contributed by atoms with E-state index in [4.69, 9.17) is 0 Å². The summed E-state index contributed by atoms with van der Waals surface area (Å²) >= 11 is 1.44. The summed E-state index contributed by atoms with van der Waals surface area (Å²) in [6.07, 6.45) is 8.30. The van der Waals surface area contributed by atoms with Gasteiger partial charge in [-0.1, -0.05) is 0 Å². The molecule has 3 aliphatic rings. The summed E-state index contributed by atoms with van der Waals surface area (Å²) in [6, 6.07) is 0.608. The lowest BCUT2D eigenvalue weighted by molar-refractivity contribution is 0.0642. The van der Waals surface area contributed by atoms with Crippen molar-refractivity contribution in [2.24, 2.45) is 0 Å². The van der Waals surface area contributed by atoms with Crippen LogP contribution in [0.25, 0.3) is 0 Å². The van der Waals surface area contributed by atoms with E-state index >= 15 is 0 Å². The third-order valence-corrected chi connectivity index (χ3v) is 6.99. The molecule has 0 saturated heterocycles. The van der Waals surface area contributed by atoms with Crippen molar-refractivity contribution in [2.75, 3.05) is 0 Å². The van der Waals surface area contributed by atoms with Gasteiger partial charge in [-0.25, -0.2) is 4.39 Å². The summed E-state index contributed by atoms with van der Waals surface area (Å²) in [6.45, 7) is 0. The number of amides is 1. The van der Waals surface area contributed by atoms with Crippen molar-refractivity contribution < 1.29 is 9.18 Å². The lowest BCUT2D eigenvalue weighted by atomic mass is 9.90. The summed E-state index contributed by atoms with van der Waals surface area (Å²) in [5.74, 6) is 0.131. The maximum Gasteiger partial charge on any atom is 0.255 e. The largest absolute Gasteiger partial charge is 0.332 e. The highest BCUT2D eigenvalue weighted by Crippen LogP contribution is 2.41. The minimum atomic E-state index is -0.882. The van der Waals surface area contributed by atoms with Gasteiger partial charge in [0.2, 0.25) is 0 Å². The number of rotatable bonds is 3. The van der Waals surface area contributed by atoms with Crippen LogP contribution < -0.4 is 0 Å². The molecule has 2 unspecified atom stereocenters. The van der Waals surface area contributed by atoms with Crippen LogP contribution >= 0.6 is 11.3 Å². The van der Waals surface area contributed by atoms with Crippen molar-refractivity contribution in [3.8, 4) is 0 Å². The fourth-order valence-electron chi connectivity index (χ4n) is 4.44. The van der Waals surface area contributed by atoms with Crippen LogP contribution in [0.2, 0.25) is 0 Å². The molecule has 0 radical (unpaired) electrons. The number of carbonyl (C=O) groups is 1. The van der Waals surface area contributed by atoms with Crippen molar-refractivity contribution >= 4 is 17.2 Å². The number of aromatic nitrogens is 2. The number of nitrogens with zero attached hydrogens (tertiary/aromatic N) is 2. The summed E-state index contributed by atoms with van der Waals surface area (Å²) in [4.78, 5) is 16.3. The highest BCUT2D eigenvalue weighted by molar-refractivity contribution is 7.10. The molecule has 1 amide bonds. The SMILES string of the molecule is O=C(c1csc2c1CCCC2F)N(C1CC1)C1CCc2[nH]ncc2C1. The molecule has 2 atom stereocenters. The summed E-state index contributed by atoms with van der Waals surface area (Å²) in [5, 5.41) is 9.13. The Labute approximate surface area is 150 Å². The van der Waals surface area contributed by atoms with Crippen LogP contribution in [0.1, 0.15) is 70.3 Å². The molecule has 1 saturated carbocycles. The number of halogens is 1. The normalized spacial score (nSPS) is 25.3. The molecule has 3 aliphatic carbocycles. The molecule has 4 nitrogen and oxygen atoms in total. The summed E-state index contributed by atoms with van der Waals surface area (Å²) in [7, 11) is 0. The van der Waals surface area contributed by atoms with Crippen LogP contribution in [-0.2, 0) is 19.3 Å². The van der Waals surface area contributed by atoms with Gasteiger partial charge in [-0.05, 0) is 62.5 Å². The third-order valence-electron chi connectivity index (χ3n) is 5.88. The molecule has 6 heteroatoms. The predicted octanol–water partition coefficient (Wildman–Crippen LogP) is 3.98. The van der Waals surface area contributed by atoms with E-state index in [-0.39, 0.29) is 11.9 Å². The van der Waals surface area contributed by atoms with Crippen molar-refractivity contribution in [3.63, 3.8) is 0 Å².